The van der Waals surface area contributed by atoms with Gasteiger partial charge < -0.3 is 24.6 Å². The first-order valence-electron chi connectivity index (χ1n) is 21.1. The molecule has 3 atom stereocenters. The van der Waals surface area contributed by atoms with E-state index in [0.717, 1.165) is 89.9 Å². The number of carbonyl (C=O) groups is 3. The predicted octanol–water partition coefficient (Wildman–Crippen LogP) is 10.4. The third kappa shape index (κ3) is 39.4. The molecule has 0 fully saturated rings. The van der Waals surface area contributed by atoms with E-state index in [9.17, 15) is 28.9 Å². The fourth-order valence-corrected chi connectivity index (χ4v) is 5.73. The summed E-state index contributed by atoms with van der Waals surface area (Å²) in [5.41, 5.74) is 0. The van der Waals surface area contributed by atoms with Crippen molar-refractivity contribution in [1.29, 1.82) is 0 Å². The molecule has 0 radical (unpaired) electrons. The second-order valence-corrected chi connectivity index (χ2v) is 15.1. The highest BCUT2D eigenvalue weighted by Gasteiger charge is 2.27. The average molecular weight is 833 g/mol. The fraction of sp³-hybridized carbons (Fsp3) is 0.587. The van der Waals surface area contributed by atoms with Crippen LogP contribution in [0.25, 0.3) is 0 Å². The molecule has 3 N–H and O–H groups in total. The number of phosphoric ester groups is 1. The molecule has 0 aromatic rings. The van der Waals surface area contributed by atoms with Crippen LogP contribution < -0.4 is 0 Å². The van der Waals surface area contributed by atoms with Crippen molar-refractivity contribution >= 4 is 25.5 Å². The Morgan fingerprint density at radius 3 is 1.74 bits per heavy atom. The van der Waals surface area contributed by atoms with Crippen molar-refractivity contribution in [2.75, 3.05) is 26.4 Å². The van der Waals surface area contributed by atoms with Gasteiger partial charge in [0.15, 0.2) is 11.9 Å². The molecular formula is C46H73O11P. The summed E-state index contributed by atoms with van der Waals surface area (Å²) in [5, 5.41) is 18.3. The molecule has 0 saturated heterocycles. The van der Waals surface area contributed by atoms with Crippen LogP contribution in [0.3, 0.4) is 0 Å². The van der Waals surface area contributed by atoms with Crippen LogP contribution in [-0.2, 0) is 37.5 Å². The van der Waals surface area contributed by atoms with Crippen LogP contribution in [0.2, 0.25) is 0 Å². The van der Waals surface area contributed by atoms with E-state index in [4.69, 9.17) is 19.1 Å². The molecule has 0 aromatic heterocycles. The zero-order valence-corrected chi connectivity index (χ0v) is 36.1. The lowest BCUT2D eigenvalue weighted by molar-refractivity contribution is -0.161. The van der Waals surface area contributed by atoms with Gasteiger partial charge in [-0.3, -0.25) is 23.4 Å². The summed E-state index contributed by atoms with van der Waals surface area (Å²) in [6, 6.07) is 0. The van der Waals surface area contributed by atoms with Crippen LogP contribution >= 0.6 is 7.82 Å². The molecule has 0 saturated carbocycles. The number of unbranched alkanes of at least 4 members (excludes halogenated alkanes) is 7. The van der Waals surface area contributed by atoms with Crippen molar-refractivity contribution < 1.29 is 52.6 Å². The number of ketones is 1. The Hall–Kier alpha value is -3.44. The minimum atomic E-state index is -4.66. The summed E-state index contributed by atoms with van der Waals surface area (Å²) in [6.45, 7) is 1.94. The van der Waals surface area contributed by atoms with Gasteiger partial charge in [0.1, 0.15) is 12.7 Å². The van der Waals surface area contributed by atoms with Crippen LogP contribution in [0.1, 0.15) is 136 Å². The normalized spacial score (nSPS) is 14.7. The van der Waals surface area contributed by atoms with Crippen LogP contribution in [0.4, 0.5) is 0 Å². The molecule has 0 amide bonds. The van der Waals surface area contributed by atoms with E-state index in [-0.39, 0.29) is 25.2 Å². The molecule has 0 rings (SSSR count). The lowest BCUT2D eigenvalue weighted by atomic mass is 10.1. The van der Waals surface area contributed by atoms with Gasteiger partial charge in [0.2, 0.25) is 0 Å². The third-order valence-electron chi connectivity index (χ3n) is 8.21. The van der Waals surface area contributed by atoms with Crippen molar-refractivity contribution in [2.45, 2.75) is 148 Å². The highest BCUT2D eigenvalue weighted by atomic mass is 31.2. The highest BCUT2D eigenvalue weighted by Crippen LogP contribution is 2.43. The zero-order valence-electron chi connectivity index (χ0n) is 35.2. The predicted molar refractivity (Wildman–Crippen MR) is 233 cm³/mol. The summed E-state index contributed by atoms with van der Waals surface area (Å²) in [7, 11) is -4.66. The van der Waals surface area contributed by atoms with Crippen molar-refractivity contribution in [3.8, 4) is 0 Å². The summed E-state index contributed by atoms with van der Waals surface area (Å²) >= 11 is 0. The minimum absolute atomic E-state index is 0.0929. The van der Waals surface area contributed by atoms with Gasteiger partial charge >= 0.3 is 19.8 Å². The molecule has 328 valence electrons. The highest BCUT2D eigenvalue weighted by molar-refractivity contribution is 7.47. The quantitative estimate of drug-likeness (QED) is 0.0135. The van der Waals surface area contributed by atoms with Crippen LogP contribution in [0.5, 0.6) is 0 Å². The first-order valence-corrected chi connectivity index (χ1v) is 22.6. The first kappa shape index (κ1) is 54.6. The molecule has 58 heavy (non-hydrogen) atoms. The van der Waals surface area contributed by atoms with Gasteiger partial charge in [0, 0.05) is 19.3 Å². The van der Waals surface area contributed by atoms with Crippen LogP contribution in [-0.4, -0.2) is 71.5 Å². The van der Waals surface area contributed by atoms with Gasteiger partial charge in [0.05, 0.1) is 19.8 Å². The molecule has 0 aliphatic rings. The molecular weight excluding hydrogens is 759 g/mol. The van der Waals surface area contributed by atoms with Gasteiger partial charge in [-0.2, -0.15) is 0 Å². The van der Waals surface area contributed by atoms with E-state index in [1.54, 1.807) is 12.2 Å². The molecule has 0 spiro atoms. The number of rotatable bonds is 38. The van der Waals surface area contributed by atoms with E-state index < -0.39 is 51.8 Å². The zero-order chi connectivity index (χ0) is 42.8. The topological polar surface area (TPSA) is 166 Å². The molecule has 0 aliphatic carbocycles. The number of aliphatic hydroxyl groups is 2. The summed E-state index contributed by atoms with van der Waals surface area (Å²) in [5.74, 6) is -0.940. The van der Waals surface area contributed by atoms with Crippen molar-refractivity contribution in [2.24, 2.45) is 0 Å². The summed E-state index contributed by atoms with van der Waals surface area (Å²) in [4.78, 5) is 46.7. The van der Waals surface area contributed by atoms with Gasteiger partial charge in [-0.05, 0) is 76.7 Å². The molecule has 1 unspecified atom stereocenters. The Kier molecular flexibility index (Phi) is 38.0. The third-order valence-corrected chi connectivity index (χ3v) is 9.16. The monoisotopic (exact) mass is 832 g/mol. The van der Waals surface area contributed by atoms with E-state index in [0.29, 0.717) is 19.3 Å². The molecule has 0 bridgehead atoms. The van der Waals surface area contributed by atoms with Crippen LogP contribution in [0.15, 0.2) is 97.2 Å². The Labute approximate surface area is 349 Å². The van der Waals surface area contributed by atoms with Gasteiger partial charge in [-0.1, -0.05) is 137 Å². The number of hydrogen-bond acceptors (Lipinski definition) is 10. The van der Waals surface area contributed by atoms with Crippen LogP contribution in [0, 0.1) is 0 Å². The number of aliphatic hydroxyl groups excluding tert-OH is 2. The van der Waals surface area contributed by atoms with E-state index in [1.165, 1.54) is 0 Å². The molecule has 0 heterocycles. The van der Waals surface area contributed by atoms with E-state index in [2.05, 4.69) is 79.1 Å². The molecule has 0 aromatic carbocycles. The number of carbonyl (C=O) groups excluding carboxylic acids is 3. The number of ether oxygens (including phenoxy) is 2. The van der Waals surface area contributed by atoms with Crippen molar-refractivity contribution in [3.05, 3.63) is 97.2 Å². The first-order chi connectivity index (χ1) is 28.1. The Morgan fingerprint density at radius 1 is 0.586 bits per heavy atom. The molecule has 0 aliphatic heterocycles. The van der Waals surface area contributed by atoms with Crippen molar-refractivity contribution in [1.82, 2.24) is 0 Å². The number of hydrogen-bond donors (Lipinski definition) is 3. The largest absolute Gasteiger partial charge is 0.472 e. The Balaban J connectivity index is 4.52. The standard InChI is InChI=1S/C46H73O11P/c1-3-5-7-8-9-10-11-12-13-14-15-16-17-18-19-22-25-28-32-36-45(50)54-40-44(41-56-58(52,53)55-39-43(49)38-47)57-46(51)37-33-29-26-23-20-21-24-27-31-35-42(48)34-30-6-4-2/h5,7,9-10,12-13,15-16,18-19,24-25,27-28,31,35,43-44,47,49H,3-4,6,8,11,14,17,20-23,26,29-30,32-34,36-41H2,1-2H3,(H,52,53)/b7-5-,10-9-,13-12-,16-15-,19-18-,27-24-,28-25-,35-31+/t43-,44+/m0/s1. The maximum atomic E-state index is 12.6. The maximum Gasteiger partial charge on any atom is 0.472 e. The number of esters is 2. The van der Waals surface area contributed by atoms with E-state index in [1.807, 2.05) is 24.3 Å². The van der Waals surface area contributed by atoms with E-state index >= 15 is 0 Å². The molecule has 11 nitrogen and oxygen atoms in total. The summed E-state index contributed by atoms with van der Waals surface area (Å²) in [6.07, 6.45) is 45.1. The van der Waals surface area contributed by atoms with Crippen molar-refractivity contribution in [3.63, 3.8) is 0 Å². The van der Waals surface area contributed by atoms with Gasteiger partial charge in [0.25, 0.3) is 0 Å². The average Bonchev–Trinajstić information content (AvgIpc) is 3.20. The second-order valence-electron chi connectivity index (χ2n) is 13.7. The lowest BCUT2D eigenvalue weighted by Crippen LogP contribution is -2.29. The Morgan fingerprint density at radius 2 is 1.14 bits per heavy atom. The maximum absolute atomic E-state index is 12.6. The second kappa shape index (κ2) is 40.3. The molecule has 12 heteroatoms. The SMILES string of the molecule is CC/C=C\C/C=C\C/C=C\C/C=C\C/C=C\C/C=C\CCC(=O)OC[C@H](COP(=O)(O)OC[C@@H](O)CO)OC(=O)CCCCCCC/C=C\C=C\C(=O)CCCCC. The number of phosphoric acid groups is 1. The van der Waals surface area contributed by atoms with Gasteiger partial charge in [-0.15, -0.1) is 0 Å². The smallest absolute Gasteiger partial charge is 0.462 e. The Bertz CT molecular complexity index is 1340. The lowest BCUT2D eigenvalue weighted by Gasteiger charge is -2.20. The minimum Gasteiger partial charge on any atom is -0.462 e. The van der Waals surface area contributed by atoms with Gasteiger partial charge in [-0.25, -0.2) is 4.57 Å². The number of allylic oxidation sites excluding steroid dienone is 16. The summed E-state index contributed by atoms with van der Waals surface area (Å²) < 4.78 is 32.5. The fourth-order valence-electron chi connectivity index (χ4n) is 4.94.